The Balaban J connectivity index is 3.02. The number of ether oxygens (including phenoxy) is 1. The van der Waals surface area contributed by atoms with Crippen molar-refractivity contribution in [2.45, 2.75) is 26.8 Å². The third kappa shape index (κ3) is 4.10. The fraction of sp³-hybridized carbons (Fsp3) is 0.333. The van der Waals surface area contributed by atoms with Crippen LogP contribution in [0.25, 0.3) is 0 Å². The average Bonchev–Trinajstić information content (AvgIpc) is 2.37. The summed E-state index contributed by atoms with van der Waals surface area (Å²) in [6.07, 6.45) is 0. The quantitative estimate of drug-likeness (QED) is 0.647. The van der Waals surface area contributed by atoms with Gasteiger partial charge in [0, 0.05) is 16.3 Å². The van der Waals surface area contributed by atoms with E-state index in [2.05, 4.69) is 11.9 Å². The first kappa shape index (κ1) is 16.2. The number of carbonyl (C=O) groups excluding carboxylic acids is 2. The number of carbonyl (C=O) groups is 2. The SMILES string of the molecule is C=C(C(C)=O)C(Nc1ccc(Cl)cc1C)C(=O)OCC. The summed E-state index contributed by atoms with van der Waals surface area (Å²) in [7, 11) is 0. The first-order valence-electron chi connectivity index (χ1n) is 6.25. The van der Waals surface area contributed by atoms with E-state index in [1.807, 2.05) is 6.92 Å². The molecular weight excluding hydrogens is 278 g/mol. The Morgan fingerprint density at radius 1 is 1.45 bits per heavy atom. The number of nitrogens with one attached hydrogen (secondary N) is 1. The molecule has 1 aromatic carbocycles. The van der Waals surface area contributed by atoms with E-state index >= 15 is 0 Å². The van der Waals surface area contributed by atoms with Gasteiger partial charge in [0.2, 0.25) is 0 Å². The van der Waals surface area contributed by atoms with Gasteiger partial charge in [0.25, 0.3) is 0 Å². The van der Waals surface area contributed by atoms with Crippen molar-refractivity contribution in [3.63, 3.8) is 0 Å². The maximum atomic E-state index is 11.9. The highest BCUT2D eigenvalue weighted by Gasteiger charge is 2.25. The molecule has 0 aliphatic carbocycles. The fourth-order valence-electron chi connectivity index (χ4n) is 1.66. The van der Waals surface area contributed by atoms with Gasteiger partial charge in [-0.3, -0.25) is 4.79 Å². The van der Waals surface area contributed by atoms with E-state index in [4.69, 9.17) is 16.3 Å². The van der Waals surface area contributed by atoms with E-state index in [1.54, 1.807) is 25.1 Å². The molecule has 0 aromatic heterocycles. The normalized spacial score (nSPS) is 11.6. The van der Waals surface area contributed by atoms with Crippen molar-refractivity contribution in [3.8, 4) is 0 Å². The van der Waals surface area contributed by atoms with Crippen LogP contribution in [-0.2, 0) is 14.3 Å². The molecule has 0 fully saturated rings. The monoisotopic (exact) mass is 295 g/mol. The van der Waals surface area contributed by atoms with Crippen LogP contribution < -0.4 is 5.32 Å². The molecule has 1 unspecified atom stereocenters. The van der Waals surface area contributed by atoms with Crippen LogP contribution in [0.4, 0.5) is 5.69 Å². The molecule has 0 aliphatic heterocycles. The highest BCUT2D eigenvalue weighted by molar-refractivity contribution is 6.30. The first-order chi connectivity index (χ1) is 9.36. The maximum Gasteiger partial charge on any atom is 0.333 e. The van der Waals surface area contributed by atoms with Gasteiger partial charge in [0.05, 0.1) is 6.61 Å². The number of rotatable bonds is 6. The minimum Gasteiger partial charge on any atom is -0.464 e. The molecule has 0 saturated carbocycles. The molecule has 0 spiro atoms. The summed E-state index contributed by atoms with van der Waals surface area (Å²) in [6.45, 7) is 8.83. The lowest BCUT2D eigenvalue weighted by molar-refractivity contribution is -0.143. The molecule has 0 saturated heterocycles. The number of esters is 1. The highest BCUT2D eigenvalue weighted by atomic mass is 35.5. The van der Waals surface area contributed by atoms with Gasteiger partial charge in [-0.2, -0.15) is 0 Å². The average molecular weight is 296 g/mol. The number of ketones is 1. The zero-order valence-electron chi connectivity index (χ0n) is 11.8. The Morgan fingerprint density at radius 3 is 2.60 bits per heavy atom. The minimum absolute atomic E-state index is 0.165. The zero-order chi connectivity index (χ0) is 15.3. The van der Waals surface area contributed by atoms with E-state index in [0.29, 0.717) is 10.7 Å². The summed E-state index contributed by atoms with van der Waals surface area (Å²) < 4.78 is 4.97. The van der Waals surface area contributed by atoms with Gasteiger partial charge in [0.15, 0.2) is 11.8 Å². The molecule has 0 radical (unpaired) electrons. The van der Waals surface area contributed by atoms with Crippen LogP contribution in [0.3, 0.4) is 0 Å². The predicted molar refractivity (Wildman–Crippen MR) is 80.1 cm³/mol. The number of hydrogen-bond donors (Lipinski definition) is 1. The summed E-state index contributed by atoms with van der Waals surface area (Å²) in [5.41, 5.74) is 1.73. The van der Waals surface area contributed by atoms with E-state index in [1.165, 1.54) is 6.92 Å². The summed E-state index contributed by atoms with van der Waals surface area (Å²) in [6, 6.07) is 4.32. The third-order valence-electron chi connectivity index (χ3n) is 2.81. The summed E-state index contributed by atoms with van der Waals surface area (Å²) >= 11 is 5.89. The Morgan fingerprint density at radius 2 is 2.10 bits per heavy atom. The van der Waals surface area contributed by atoms with Gasteiger partial charge in [-0.1, -0.05) is 18.2 Å². The van der Waals surface area contributed by atoms with Crippen molar-refractivity contribution in [1.29, 1.82) is 0 Å². The molecule has 20 heavy (non-hydrogen) atoms. The number of anilines is 1. The van der Waals surface area contributed by atoms with Crippen LogP contribution in [0.2, 0.25) is 5.02 Å². The lowest BCUT2D eigenvalue weighted by Crippen LogP contribution is -2.35. The molecule has 1 rings (SSSR count). The molecular formula is C15H18ClNO3. The summed E-state index contributed by atoms with van der Waals surface area (Å²) in [5, 5.41) is 3.59. The zero-order valence-corrected chi connectivity index (χ0v) is 12.6. The summed E-state index contributed by atoms with van der Waals surface area (Å²) in [4.78, 5) is 23.4. The Kier molecular flexibility index (Phi) is 5.77. The topological polar surface area (TPSA) is 55.4 Å². The Labute approximate surface area is 123 Å². The second-order valence-electron chi connectivity index (χ2n) is 4.37. The molecule has 0 amide bonds. The van der Waals surface area contributed by atoms with Crippen LogP contribution in [0.1, 0.15) is 19.4 Å². The standard InChI is InChI=1S/C15H18ClNO3/c1-5-20-15(19)14(10(3)11(4)18)17-13-7-6-12(16)8-9(13)2/h6-8,14,17H,3,5H2,1-2,4H3. The van der Waals surface area contributed by atoms with Crippen LogP contribution in [0.15, 0.2) is 30.4 Å². The largest absolute Gasteiger partial charge is 0.464 e. The van der Waals surface area contributed by atoms with Crippen molar-refractivity contribution in [2.75, 3.05) is 11.9 Å². The molecule has 4 nitrogen and oxygen atoms in total. The Hall–Kier alpha value is -1.81. The van der Waals surface area contributed by atoms with Crippen LogP contribution in [-0.4, -0.2) is 24.4 Å². The fourth-order valence-corrected chi connectivity index (χ4v) is 1.89. The van der Waals surface area contributed by atoms with Gasteiger partial charge >= 0.3 is 5.97 Å². The summed E-state index contributed by atoms with van der Waals surface area (Å²) in [5.74, 6) is -0.788. The third-order valence-corrected chi connectivity index (χ3v) is 3.05. The second-order valence-corrected chi connectivity index (χ2v) is 4.81. The van der Waals surface area contributed by atoms with Crippen LogP contribution in [0.5, 0.6) is 0 Å². The van der Waals surface area contributed by atoms with Gasteiger partial charge in [0.1, 0.15) is 0 Å². The van der Waals surface area contributed by atoms with Crippen LogP contribution >= 0.6 is 11.6 Å². The number of halogens is 1. The van der Waals surface area contributed by atoms with Crippen molar-refractivity contribution in [3.05, 3.63) is 40.9 Å². The molecule has 0 aliphatic rings. The predicted octanol–water partition coefficient (Wildman–Crippen LogP) is 3.14. The van der Waals surface area contributed by atoms with E-state index in [9.17, 15) is 9.59 Å². The van der Waals surface area contributed by atoms with Gasteiger partial charge < -0.3 is 10.1 Å². The lowest BCUT2D eigenvalue weighted by atomic mass is 10.0. The second kappa shape index (κ2) is 7.10. The Bertz CT molecular complexity index is 540. The molecule has 1 aromatic rings. The maximum absolute atomic E-state index is 11.9. The van der Waals surface area contributed by atoms with E-state index < -0.39 is 12.0 Å². The molecule has 0 bridgehead atoms. The molecule has 0 heterocycles. The van der Waals surface area contributed by atoms with Crippen LogP contribution in [0, 0.1) is 6.92 Å². The number of Topliss-reactive ketones (excluding diaryl/α,β-unsaturated/α-hetero) is 1. The van der Waals surface area contributed by atoms with Gasteiger partial charge in [-0.15, -0.1) is 0 Å². The van der Waals surface area contributed by atoms with Gasteiger partial charge in [-0.25, -0.2) is 4.79 Å². The lowest BCUT2D eigenvalue weighted by Gasteiger charge is -2.20. The smallest absolute Gasteiger partial charge is 0.333 e. The van der Waals surface area contributed by atoms with Crippen molar-refractivity contribution in [2.24, 2.45) is 0 Å². The van der Waals surface area contributed by atoms with Crippen molar-refractivity contribution < 1.29 is 14.3 Å². The van der Waals surface area contributed by atoms with E-state index in [0.717, 1.165) is 5.56 Å². The number of benzene rings is 1. The first-order valence-corrected chi connectivity index (χ1v) is 6.63. The molecule has 1 N–H and O–H groups in total. The minimum atomic E-state index is -0.896. The number of hydrogen-bond acceptors (Lipinski definition) is 4. The van der Waals surface area contributed by atoms with E-state index in [-0.39, 0.29) is 18.0 Å². The molecule has 1 atom stereocenters. The number of aryl methyl sites for hydroxylation is 1. The molecule has 108 valence electrons. The molecule has 5 heteroatoms. The van der Waals surface area contributed by atoms with Crippen molar-refractivity contribution in [1.82, 2.24) is 0 Å². The van der Waals surface area contributed by atoms with Crippen molar-refractivity contribution >= 4 is 29.0 Å². The highest BCUT2D eigenvalue weighted by Crippen LogP contribution is 2.22. The van der Waals surface area contributed by atoms with Gasteiger partial charge in [-0.05, 0) is 44.5 Å².